The summed E-state index contributed by atoms with van der Waals surface area (Å²) in [6, 6.07) is 0. The number of esters is 2. The molecular weight excluding hydrogens is 959 g/mol. The number of carboxylic acids is 1. The monoisotopic (exact) mass is 1070 g/mol. The molecule has 0 aliphatic heterocycles. The van der Waals surface area contributed by atoms with E-state index in [-0.39, 0.29) is 38.6 Å². The SMILES string of the molecule is CC/C=C\C/C=C\C/C=C\C/C=C\C/C=C\C/C=C\C/C=C\C/C=C\C/C=C\C/C=C\CCCCC(=O)OC(COC(=O)CCCCCCCCCCC/C=C\CCCCCCCC)COC(OCC[N+](C)(C)C)C(=O)[O-]. The smallest absolute Gasteiger partial charge is 0.306 e. The lowest BCUT2D eigenvalue weighted by molar-refractivity contribution is -0.870. The maximum absolute atomic E-state index is 12.9. The zero-order chi connectivity index (χ0) is 56.2. The summed E-state index contributed by atoms with van der Waals surface area (Å²) >= 11 is 0. The molecule has 0 saturated carbocycles. The molecule has 9 heteroatoms. The summed E-state index contributed by atoms with van der Waals surface area (Å²) in [6.07, 6.45) is 79.3. The molecule has 9 nitrogen and oxygen atoms in total. The number of ether oxygens (including phenoxy) is 4. The number of aliphatic carboxylic acids is 1. The van der Waals surface area contributed by atoms with Crippen molar-refractivity contribution >= 4 is 17.9 Å². The first-order chi connectivity index (χ1) is 37.6. The number of nitrogens with zero attached hydrogens (tertiary/aromatic N) is 1. The Hall–Kier alpha value is -4.57. The van der Waals surface area contributed by atoms with Crippen molar-refractivity contribution in [2.24, 2.45) is 0 Å². The van der Waals surface area contributed by atoms with E-state index in [1.807, 2.05) is 21.1 Å². The van der Waals surface area contributed by atoms with Crippen LogP contribution in [0.15, 0.2) is 134 Å². The lowest BCUT2D eigenvalue weighted by atomic mass is 10.1. The van der Waals surface area contributed by atoms with Crippen LogP contribution in [0.5, 0.6) is 0 Å². The van der Waals surface area contributed by atoms with Crippen molar-refractivity contribution in [2.75, 3.05) is 47.5 Å². The lowest BCUT2D eigenvalue weighted by Gasteiger charge is -2.26. The van der Waals surface area contributed by atoms with Gasteiger partial charge in [-0.2, -0.15) is 0 Å². The quantitative estimate of drug-likeness (QED) is 0.0195. The minimum atomic E-state index is -1.64. The van der Waals surface area contributed by atoms with E-state index >= 15 is 0 Å². The Morgan fingerprint density at radius 2 is 0.740 bits per heavy atom. The summed E-state index contributed by atoms with van der Waals surface area (Å²) in [5.41, 5.74) is 0. The van der Waals surface area contributed by atoms with Crippen LogP contribution in [0.1, 0.15) is 219 Å². The predicted molar refractivity (Wildman–Crippen MR) is 324 cm³/mol. The van der Waals surface area contributed by atoms with Crippen LogP contribution in [0.2, 0.25) is 0 Å². The van der Waals surface area contributed by atoms with E-state index in [0.29, 0.717) is 17.4 Å². The van der Waals surface area contributed by atoms with Crippen molar-refractivity contribution in [3.05, 3.63) is 134 Å². The fourth-order valence-corrected chi connectivity index (χ4v) is 7.73. The Bertz CT molecular complexity index is 1720. The van der Waals surface area contributed by atoms with Gasteiger partial charge in [0.1, 0.15) is 13.2 Å². The molecule has 0 heterocycles. The van der Waals surface area contributed by atoms with Gasteiger partial charge in [0.15, 0.2) is 12.4 Å². The van der Waals surface area contributed by atoms with Gasteiger partial charge in [0.2, 0.25) is 0 Å². The van der Waals surface area contributed by atoms with Gasteiger partial charge in [0, 0.05) is 12.8 Å². The van der Waals surface area contributed by atoms with Crippen molar-refractivity contribution in [3.8, 4) is 0 Å². The number of carboxylic acid groups (broad SMARTS) is 1. The molecule has 0 fully saturated rings. The van der Waals surface area contributed by atoms with E-state index in [0.717, 1.165) is 103 Å². The number of unbranched alkanes of at least 4 members (excludes halogenated alkanes) is 17. The van der Waals surface area contributed by atoms with Crippen LogP contribution >= 0.6 is 0 Å². The van der Waals surface area contributed by atoms with Crippen molar-refractivity contribution in [2.45, 2.75) is 232 Å². The second-order valence-corrected chi connectivity index (χ2v) is 20.9. The molecule has 0 aliphatic carbocycles. The topological polar surface area (TPSA) is 111 Å². The van der Waals surface area contributed by atoms with Gasteiger partial charge in [-0.05, 0) is 116 Å². The Labute approximate surface area is 471 Å². The number of carbonyl (C=O) groups excluding carboxylic acids is 3. The molecule has 0 N–H and O–H groups in total. The van der Waals surface area contributed by atoms with Gasteiger partial charge in [-0.1, -0.05) is 225 Å². The molecule has 0 saturated heterocycles. The normalized spacial score (nSPS) is 13.7. The van der Waals surface area contributed by atoms with Gasteiger partial charge >= 0.3 is 11.9 Å². The average molecular weight is 1070 g/mol. The Morgan fingerprint density at radius 1 is 0.403 bits per heavy atom. The molecule has 0 amide bonds. The lowest BCUT2D eigenvalue weighted by Crippen LogP contribution is -2.44. The maximum atomic E-state index is 12.9. The van der Waals surface area contributed by atoms with Crippen LogP contribution in [-0.2, 0) is 33.3 Å². The summed E-state index contributed by atoms with van der Waals surface area (Å²) in [5, 5.41) is 11.8. The number of hydrogen-bond donors (Lipinski definition) is 0. The van der Waals surface area contributed by atoms with Crippen molar-refractivity contribution in [1.82, 2.24) is 0 Å². The van der Waals surface area contributed by atoms with E-state index in [9.17, 15) is 19.5 Å². The van der Waals surface area contributed by atoms with Crippen LogP contribution in [0, 0.1) is 0 Å². The molecule has 0 bridgehead atoms. The van der Waals surface area contributed by atoms with Gasteiger partial charge in [-0.25, -0.2) is 0 Å². The second kappa shape index (κ2) is 57.6. The maximum Gasteiger partial charge on any atom is 0.306 e. The summed E-state index contributed by atoms with van der Waals surface area (Å²) in [5.74, 6) is -2.36. The first-order valence-corrected chi connectivity index (χ1v) is 30.3. The van der Waals surface area contributed by atoms with E-state index in [1.165, 1.54) is 83.5 Å². The number of hydrogen-bond acceptors (Lipinski definition) is 8. The summed E-state index contributed by atoms with van der Waals surface area (Å²) in [6.45, 7) is 4.56. The predicted octanol–water partition coefficient (Wildman–Crippen LogP) is 16.9. The van der Waals surface area contributed by atoms with E-state index < -0.39 is 24.3 Å². The molecule has 0 radical (unpaired) electrons. The van der Waals surface area contributed by atoms with E-state index in [4.69, 9.17) is 18.9 Å². The van der Waals surface area contributed by atoms with Crippen LogP contribution in [-0.4, -0.2) is 82.3 Å². The zero-order valence-electron chi connectivity index (χ0n) is 49.5. The fraction of sp³-hybridized carbons (Fsp3) is 0.632. The van der Waals surface area contributed by atoms with Crippen LogP contribution in [0.4, 0.5) is 0 Å². The van der Waals surface area contributed by atoms with Crippen molar-refractivity contribution in [3.63, 3.8) is 0 Å². The molecule has 0 spiro atoms. The summed E-state index contributed by atoms with van der Waals surface area (Å²) in [4.78, 5) is 37.3. The molecule has 0 aromatic heterocycles. The highest BCUT2D eigenvalue weighted by atomic mass is 16.7. The molecule has 2 atom stereocenters. The number of carbonyl (C=O) groups is 3. The van der Waals surface area contributed by atoms with Gasteiger partial charge in [0.05, 0.1) is 40.3 Å². The first-order valence-electron chi connectivity index (χ1n) is 30.3. The number of rotatable bonds is 54. The van der Waals surface area contributed by atoms with Crippen molar-refractivity contribution < 1.29 is 42.9 Å². The third-order valence-corrected chi connectivity index (χ3v) is 12.4. The molecule has 436 valence electrons. The fourth-order valence-electron chi connectivity index (χ4n) is 7.73. The molecule has 0 aromatic carbocycles. The number of allylic oxidation sites excluding steroid dienone is 22. The third-order valence-electron chi connectivity index (χ3n) is 12.4. The second-order valence-electron chi connectivity index (χ2n) is 20.9. The Balaban J connectivity index is 4.36. The highest BCUT2D eigenvalue weighted by molar-refractivity contribution is 5.70. The highest BCUT2D eigenvalue weighted by Gasteiger charge is 2.22. The van der Waals surface area contributed by atoms with Gasteiger partial charge in [-0.3, -0.25) is 9.59 Å². The Kier molecular flexibility index (Phi) is 54.2. The van der Waals surface area contributed by atoms with Gasteiger partial charge < -0.3 is 33.3 Å². The molecule has 2 unspecified atom stereocenters. The minimum absolute atomic E-state index is 0.132. The largest absolute Gasteiger partial charge is 0.545 e. The molecule has 0 aromatic rings. The standard InChI is InChI=1S/C68H111NO8/c1-6-8-10-12-14-16-18-20-22-24-26-27-28-29-30-31-32-33-34-35-36-37-38-39-41-43-45-47-49-51-53-55-57-59-66(71)77-64(63-76-68(67(72)73)74-61-60-69(3,4)5)62-75-65(70)58-56-54-52-50-48-46-44-42-40-25-23-21-19-17-15-13-11-9-7-2/h8,10,14,16,20-23,26-27,29-30,32-33,35-36,38-39,43,45,49,51,64,68H,6-7,9,11-13,15,17-19,24-25,28,31,34,37,40-42,44,46-48,50,52-63H2,1-5H3/b10-8-,16-14-,22-20-,23-21-,27-26-,30-29-,33-32-,36-35-,39-38-,45-43-,51-49-. The number of likely N-dealkylation sites (N-methyl/N-ethyl adjacent to an activating group) is 1. The van der Waals surface area contributed by atoms with Gasteiger partial charge in [-0.15, -0.1) is 0 Å². The van der Waals surface area contributed by atoms with Crippen LogP contribution < -0.4 is 5.11 Å². The van der Waals surface area contributed by atoms with E-state index in [2.05, 4.69) is 148 Å². The number of quaternary nitrogens is 1. The Morgan fingerprint density at radius 3 is 1.14 bits per heavy atom. The van der Waals surface area contributed by atoms with E-state index in [1.54, 1.807) is 0 Å². The minimum Gasteiger partial charge on any atom is -0.545 e. The summed E-state index contributed by atoms with van der Waals surface area (Å²) in [7, 11) is 5.90. The molecule has 0 aliphatic rings. The average Bonchev–Trinajstić information content (AvgIpc) is 3.40. The molecule has 0 rings (SSSR count). The third kappa shape index (κ3) is 58.9. The molecular formula is C68H111NO8. The van der Waals surface area contributed by atoms with Crippen LogP contribution in [0.3, 0.4) is 0 Å². The highest BCUT2D eigenvalue weighted by Crippen LogP contribution is 2.14. The van der Waals surface area contributed by atoms with Crippen molar-refractivity contribution in [1.29, 1.82) is 0 Å². The summed E-state index contributed by atoms with van der Waals surface area (Å²) < 4.78 is 22.6. The van der Waals surface area contributed by atoms with Crippen LogP contribution in [0.25, 0.3) is 0 Å². The first kappa shape index (κ1) is 72.4. The molecule has 77 heavy (non-hydrogen) atoms. The zero-order valence-corrected chi connectivity index (χ0v) is 49.5. The van der Waals surface area contributed by atoms with Gasteiger partial charge in [0.25, 0.3) is 0 Å².